The number of piperidine rings is 1. The largest absolute Gasteiger partial charge is 0.507 e. The van der Waals surface area contributed by atoms with Crippen molar-refractivity contribution in [3.05, 3.63) is 28.8 Å². The maximum Gasteiger partial charge on any atom is 0.309 e. The van der Waals surface area contributed by atoms with Crippen LogP contribution in [-0.4, -0.2) is 35.7 Å². The van der Waals surface area contributed by atoms with E-state index in [1.165, 1.54) is 5.56 Å². The zero-order valence-electron chi connectivity index (χ0n) is 16.4. The summed E-state index contributed by atoms with van der Waals surface area (Å²) in [6.07, 6.45) is 2.62. The summed E-state index contributed by atoms with van der Waals surface area (Å²) >= 11 is 0. The van der Waals surface area contributed by atoms with Crippen molar-refractivity contribution in [1.82, 2.24) is 4.90 Å². The van der Waals surface area contributed by atoms with E-state index in [0.717, 1.165) is 50.0 Å². The molecule has 1 aromatic rings. The summed E-state index contributed by atoms with van der Waals surface area (Å²) < 4.78 is 5.14. The summed E-state index contributed by atoms with van der Waals surface area (Å²) in [5.74, 6) is 0.391. The number of aryl methyl sites for hydroxylation is 1. The third-order valence-corrected chi connectivity index (χ3v) is 5.07. The topological polar surface area (TPSA) is 49.8 Å². The molecule has 0 bridgehead atoms. The minimum Gasteiger partial charge on any atom is -0.507 e. The summed E-state index contributed by atoms with van der Waals surface area (Å²) in [4.78, 5) is 14.2. The SMILES string of the molecule is CCOC(=O)C1CCN(Cc2cc(CC)cc(C(C)(C)C)c2O)CC1. The van der Waals surface area contributed by atoms with Gasteiger partial charge in [-0.2, -0.15) is 0 Å². The Labute approximate surface area is 152 Å². The number of esters is 1. The summed E-state index contributed by atoms with van der Waals surface area (Å²) in [6.45, 7) is 13.3. The summed E-state index contributed by atoms with van der Waals surface area (Å²) in [5, 5.41) is 10.8. The maximum absolute atomic E-state index is 11.9. The van der Waals surface area contributed by atoms with Crippen molar-refractivity contribution < 1.29 is 14.6 Å². The van der Waals surface area contributed by atoms with Gasteiger partial charge in [-0.15, -0.1) is 0 Å². The van der Waals surface area contributed by atoms with Crippen molar-refractivity contribution in [2.24, 2.45) is 5.92 Å². The Kier molecular flexibility index (Phi) is 6.50. The molecule has 4 heteroatoms. The van der Waals surface area contributed by atoms with E-state index in [2.05, 4.69) is 44.7 Å². The second-order valence-electron chi connectivity index (χ2n) is 8.06. The number of carbonyl (C=O) groups excluding carboxylic acids is 1. The Morgan fingerprint density at radius 2 is 1.88 bits per heavy atom. The summed E-state index contributed by atoms with van der Waals surface area (Å²) in [6, 6.07) is 4.26. The molecule has 0 atom stereocenters. The number of hydrogen-bond acceptors (Lipinski definition) is 4. The molecule has 1 saturated heterocycles. The monoisotopic (exact) mass is 347 g/mol. The molecule has 140 valence electrons. The van der Waals surface area contributed by atoms with Crippen LogP contribution in [0.15, 0.2) is 12.1 Å². The van der Waals surface area contributed by atoms with E-state index in [0.29, 0.717) is 12.4 Å². The first-order valence-electron chi connectivity index (χ1n) is 9.50. The van der Waals surface area contributed by atoms with Crippen LogP contribution in [0.2, 0.25) is 0 Å². The molecule has 0 aromatic heterocycles. The van der Waals surface area contributed by atoms with E-state index in [4.69, 9.17) is 4.74 Å². The van der Waals surface area contributed by atoms with Gasteiger partial charge in [0.25, 0.3) is 0 Å². The van der Waals surface area contributed by atoms with E-state index in [1.807, 2.05) is 6.92 Å². The predicted molar refractivity (Wildman–Crippen MR) is 101 cm³/mol. The smallest absolute Gasteiger partial charge is 0.309 e. The van der Waals surface area contributed by atoms with Crippen LogP contribution < -0.4 is 0 Å². The number of hydrogen-bond donors (Lipinski definition) is 1. The Morgan fingerprint density at radius 1 is 1.24 bits per heavy atom. The van der Waals surface area contributed by atoms with Crippen LogP contribution in [0.5, 0.6) is 5.75 Å². The van der Waals surface area contributed by atoms with Crippen molar-refractivity contribution in [2.75, 3.05) is 19.7 Å². The predicted octanol–water partition coefficient (Wildman–Crippen LogP) is 4.03. The molecule has 0 aliphatic carbocycles. The molecule has 4 nitrogen and oxygen atoms in total. The number of benzene rings is 1. The number of ether oxygens (including phenoxy) is 1. The van der Waals surface area contributed by atoms with Crippen molar-refractivity contribution in [3.63, 3.8) is 0 Å². The molecular formula is C21H33NO3. The highest BCUT2D eigenvalue weighted by molar-refractivity contribution is 5.72. The van der Waals surface area contributed by atoms with E-state index in [1.54, 1.807) is 0 Å². The third-order valence-electron chi connectivity index (χ3n) is 5.07. The lowest BCUT2D eigenvalue weighted by Crippen LogP contribution is -2.36. The van der Waals surface area contributed by atoms with Crippen molar-refractivity contribution >= 4 is 5.97 Å². The molecular weight excluding hydrogens is 314 g/mol. The van der Waals surface area contributed by atoms with Gasteiger partial charge in [-0.05, 0) is 55.8 Å². The van der Waals surface area contributed by atoms with Gasteiger partial charge in [-0.3, -0.25) is 9.69 Å². The first-order valence-corrected chi connectivity index (χ1v) is 9.50. The molecule has 0 spiro atoms. The second kappa shape index (κ2) is 8.22. The van der Waals surface area contributed by atoms with Crippen LogP contribution in [0.1, 0.15) is 64.2 Å². The van der Waals surface area contributed by atoms with Crippen molar-refractivity contribution in [2.45, 2.75) is 65.8 Å². The van der Waals surface area contributed by atoms with E-state index < -0.39 is 0 Å². The Bertz CT molecular complexity index is 596. The Morgan fingerprint density at radius 3 is 2.40 bits per heavy atom. The number of aromatic hydroxyl groups is 1. The van der Waals surface area contributed by atoms with Gasteiger partial charge in [0.1, 0.15) is 5.75 Å². The molecule has 0 unspecified atom stereocenters. The molecule has 25 heavy (non-hydrogen) atoms. The third kappa shape index (κ3) is 4.97. The average molecular weight is 347 g/mol. The molecule has 1 fully saturated rings. The van der Waals surface area contributed by atoms with E-state index >= 15 is 0 Å². The van der Waals surface area contributed by atoms with Crippen LogP contribution in [-0.2, 0) is 27.9 Å². The number of carbonyl (C=O) groups is 1. The molecule has 2 rings (SSSR count). The highest BCUT2D eigenvalue weighted by Gasteiger charge is 2.27. The first-order chi connectivity index (χ1) is 11.8. The van der Waals surface area contributed by atoms with Crippen molar-refractivity contribution in [3.8, 4) is 5.75 Å². The molecule has 1 heterocycles. The van der Waals surface area contributed by atoms with E-state index in [-0.39, 0.29) is 17.3 Å². The van der Waals surface area contributed by atoms with Gasteiger partial charge >= 0.3 is 5.97 Å². The molecule has 1 aromatic carbocycles. The lowest BCUT2D eigenvalue weighted by Gasteiger charge is -2.32. The lowest BCUT2D eigenvalue weighted by molar-refractivity contribution is -0.149. The van der Waals surface area contributed by atoms with Gasteiger partial charge in [0.05, 0.1) is 12.5 Å². The average Bonchev–Trinajstić information content (AvgIpc) is 2.56. The number of phenolic OH excluding ortho intramolecular Hbond substituents is 1. The zero-order valence-corrected chi connectivity index (χ0v) is 16.4. The number of likely N-dealkylation sites (tertiary alicyclic amines) is 1. The molecule has 0 saturated carbocycles. The lowest BCUT2D eigenvalue weighted by atomic mass is 9.83. The second-order valence-corrected chi connectivity index (χ2v) is 8.06. The summed E-state index contributed by atoms with van der Waals surface area (Å²) in [7, 11) is 0. The van der Waals surface area contributed by atoms with Gasteiger partial charge < -0.3 is 9.84 Å². The fourth-order valence-corrected chi connectivity index (χ4v) is 3.48. The number of rotatable bonds is 5. The standard InChI is InChI=1S/C21H33NO3/c1-6-15-12-17(19(23)18(13-15)21(3,4)5)14-22-10-8-16(9-11-22)20(24)25-7-2/h12-13,16,23H,6-11,14H2,1-5H3. The van der Waals surface area contributed by atoms with Crippen LogP contribution in [0, 0.1) is 5.92 Å². The van der Waals surface area contributed by atoms with Crippen LogP contribution in [0.4, 0.5) is 0 Å². The Balaban J connectivity index is 2.10. The molecule has 1 N–H and O–H groups in total. The first kappa shape index (κ1) is 19.8. The van der Waals surface area contributed by atoms with Crippen LogP contribution in [0.25, 0.3) is 0 Å². The van der Waals surface area contributed by atoms with Gasteiger partial charge in [-0.1, -0.05) is 39.8 Å². The summed E-state index contributed by atoms with van der Waals surface area (Å²) in [5.41, 5.74) is 3.20. The van der Waals surface area contributed by atoms with Gasteiger partial charge in [0, 0.05) is 12.1 Å². The molecule has 1 aliphatic heterocycles. The molecule has 0 radical (unpaired) electrons. The van der Waals surface area contributed by atoms with Crippen molar-refractivity contribution in [1.29, 1.82) is 0 Å². The fourth-order valence-electron chi connectivity index (χ4n) is 3.48. The minimum absolute atomic E-state index is 0.0249. The van der Waals surface area contributed by atoms with Gasteiger partial charge in [-0.25, -0.2) is 0 Å². The zero-order chi connectivity index (χ0) is 18.6. The normalized spacial score (nSPS) is 16.8. The van der Waals surface area contributed by atoms with E-state index in [9.17, 15) is 9.90 Å². The quantitative estimate of drug-likeness (QED) is 0.817. The number of nitrogens with zero attached hydrogens (tertiary/aromatic N) is 1. The van der Waals surface area contributed by atoms with Crippen LogP contribution in [0.3, 0.4) is 0 Å². The number of phenols is 1. The van der Waals surface area contributed by atoms with Gasteiger partial charge in [0.2, 0.25) is 0 Å². The highest BCUT2D eigenvalue weighted by Crippen LogP contribution is 2.35. The van der Waals surface area contributed by atoms with Gasteiger partial charge in [0.15, 0.2) is 0 Å². The Hall–Kier alpha value is -1.55. The van der Waals surface area contributed by atoms with Crippen LogP contribution >= 0.6 is 0 Å². The highest BCUT2D eigenvalue weighted by atomic mass is 16.5. The molecule has 1 aliphatic rings. The molecule has 0 amide bonds. The minimum atomic E-state index is -0.0824. The maximum atomic E-state index is 11.9. The fraction of sp³-hybridized carbons (Fsp3) is 0.667.